The molecule has 0 amide bonds. The number of nitrogens with one attached hydrogen (secondary N) is 2. The average molecular weight is 516 g/mol. The molecular formula is C20H29IN4O2S. The highest BCUT2D eigenvalue weighted by Gasteiger charge is 2.15. The number of aliphatic imine (C=N–C) groups is 1. The lowest BCUT2D eigenvalue weighted by atomic mass is 10.1. The van der Waals surface area contributed by atoms with E-state index in [4.69, 9.17) is 5.73 Å². The molecule has 0 radical (unpaired) electrons. The van der Waals surface area contributed by atoms with E-state index in [1.54, 1.807) is 19.9 Å². The van der Waals surface area contributed by atoms with Crippen molar-refractivity contribution in [1.29, 1.82) is 0 Å². The molecule has 0 bridgehead atoms. The monoisotopic (exact) mass is 516 g/mol. The number of nitrogens with two attached hydrogens (primary N) is 1. The maximum atomic E-state index is 12.2. The lowest BCUT2D eigenvalue weighted by Crippen LogP contribution is -2.31. The third-order valence-corrected chi connectivity index (χ3v) is 5.60. The van der Waals surface area contributed by atoms with E-state index in [-0.39, 0.29) is 41.7 Å². The number of sulfonamides is 1. The number of hydrogen-bond donors (Lipinski definition) is 3. The third-order valence-electron chi connectivity index (χ3n) is 4.08. The predicted molar refractivity (Wildman–Crippen MR) is 128 cm³/mol. The highest BCUT2D eigenvalue weighted by molar-refractivity contribution is 14.0. The molecule has 2 aromatic rings. The van der Waals surface area contributed by atoms with Gasteiger partial charge in [0.25, 0.3) is 0 Å². The van der Waals surface area contributed by atoms with E-state index >= 15 is 0 Å². The molecule has 6 nitrogen and oxygen atoms in total. The van der Waals surface area contributed by atoms with Gasteiger partial charge in [-0.3, -0.25) is 0 Å². The molecule has 4 N–H and O–H groups in total. The van der Waals surface area contributed by atoms with Gasteiger partial charge in [-0.15, -0.1) is 24.0 Å². The Labute approximate surface area is 185 Å². The van der Waals surface area contributed by atoms with Gasteiger partial charge >= 0.3 is 0 Å². The van der Waals surface area contributed by atoms with Crippen molar-refractivity contribution >= 4 is 45.6 Å². The van der Waals surface area contributed by atoms with E-state index < -0.39 is 10.0 Å². The van der Waals surface area contributed by atoms with Crippen molar-refractivity contribution in [2.75, 3.05) is 5.32 Å². The summed E-state index contributed by atoms with van der Waals surface area (Å²) in [4.78, 5) is 4.36. The Balaban J connectivity index is 0.00000392. The van der Waals surface area contributed by atoms with Crippen LogP contribution in [0.25, 0.3) is 0 Å². The highest BCUT2D eigenvalue weighted by atomic mass is 127. The van der Waals surface area contributed by atoms with Crippen LogP contribution in [0.3, 0.4) is 0 Å². The summed E-state index contributed by atoms with van der Waals surface area (Å²) in [6, 6.07) is 13.2. The van der Waals surface area contributed by atoms with E-state index in [1.165, 1.54) is 11.1 Å². The van der Waals surface area contributed by atoms with Crippen molar-refractivity contribution in [2.24, 2.45) is 10.7 Å². The maximum Gasteiger partial charge on any atom is 0.216 e. The number of halogens is 1. The summed E-state index contributed by atoms with van der Waals surface area (Å²) >= 11 is 0. The van der Waals surface area contributed by atoms with Crippen LogP contribution in [-0.4, -0.2) is 20.4 Å². The minimum atomic E-state index is -3.40. The molecule has 2 aromatic carbocycles. The van der Waals surface area contributed by atoms with Gasteiger partial charge in [-0.05, 0) is 62.1 Å². The molecule has 8 heteroatoms. The standard InChI is InChI=1S/C20H28N4O2S.HI/c1-14(2)24-27(25,26)13-18-8-6-5-7-17(18)12-22-20(21)23-19-10-9-15(3)16(4)11-19;/h5-11,14,24H,12-13H2,1-4H3,(H3,21,22,23);1H. The second-order valence-electron chi connectivity index (χ2n) is 6.93. The highest BCUT2D eigenvalue weighted by Crippen LogP contribution is 2.15. The molecule has 0 aliphatic carbocycles. The van der Waals surface area contributed by atoms with Gasteiger partial charge in [0.2, 0.25) is 10.0 Å². The van der Waals surface area contributed by atoms with Gasteiger partial charge < -0.3 is 11.1 Å². The van der Waals surface area contributed by atoms with Crippen LogP contribution >= 0.6 is 24.0 Å². The van der Waals surface area contributed by atoms with Crippen LogP contribution in [-0.2, 0) is 22.3 Å². The summed E-state index contributed by atoms with van der Waals surface area (Å²) in [5.74, 6) is 0.206. The van der Waals surface area contributed by atoms with E-state index in [2.05, 4.69) is 22.0 Å². The fourth-order valence-electron chi connectivity index (χ4n) is 2.63. The summed E-state index contributed by atoms with van der Waals surface area (Å²) in [6.07, 6.45) is 0. The summed E-state index contributed by atoms with van der Waals surface area (Å²) in [7, 11) is -3.40. The molecule has 2 rings (SSSR count). The van der Waals surface area contributed by atoms with Gasteiger partial charge in [-0.25, -0.2) is 18.1 Å². The SMILES string of the molecule is Cc1ccc(NC(N)=NCc2ccccc2CS(=O)(=O)NC(C)C)cc1C.I. The van der Waals surface area contributed by atoms with Gasteiger partial charge in [-0.1, -0.05) is 30.3 Å². The van der Waals surface area contributed by atoms with Crippen LogP contribution < -0.4 is 15.8 Å². The Hall–Kier alpha value is -1.65. The van der Waals surface area contributed by atoms with Crippen LogP contribution in [0.1, 0.15) is 36.1 Å². The fraction of sp³-hybridized carbons (Fsp3) is 0.350. The minimum absolute atomic E-state index is 0. The lowest BCUT2D eigenvalue weighted by Gasteiger charge is -2.12. The summed E-state index contributed by atoms with van der Waals surface area (Å²) in [5.41, 5.74) is 10.8. The Morgan fingerprint density at radius 2 is 1.71 bits per heavy atom. The van der Waals surface area contributed by atoms with Crippen molar-refractivity contribution in [3.05, 3.63) is 64.7 Å². The Morgan fingerprint density at radius 3 is 2.32 bits per heavy atom. The first-order valence-corrected chi connectivity index (χ1v) is 10.5. The summed E-state index contributed by atoms with van der Waals surface area (Å²) < 4.78 is 27.0. The molecular weight excluding hydrogens is 487 g/mol. The zero-order valence-corrected chi connectivity index (χ0v) is 19.8. The number of rotatable bonds is 7. The predicted octanol–water partition coefficient (Wildman–Crippen LogP) is 3.68. The minimum Gasteiger partial charge on any atom is -0.370 e. The number of hydrogen-bond acceptors (Lipinski definition) is 3. The zero-order valence-electron chi connectivity index (χ0n) is 16.7. The normalized spacial score (nSPS) is 12.0. The van der Waals surface area contributed by atoms with Crippen LogP contribution in [0, 0.1) is 13.8 Å². The maximum absolute atomic E-state index is 12.2. The summed E-state index contributed by atoms with van der Waals surface area (Å²) in [5, 5.41) is 3.07. The summed E-state index contributed by atoms with van der Waals surface area (Å²) in [6.45, 7) is 7.99. The van der Waals surface area contributed by atoms with E-state index in [9.17, 15) is 8.42 Å². The molecule has 0 saturated carbocycles. The number of nitrogens with zero attached hydrogens (tertiary/aromatic N) is 1. The van der Waals surface area contributed by atoms with Gasteiger partial charge in [0, 0.05) is 11.7 Å². The van der Waals surface area contributed by atoms with Crippen LogP contribution in [0.5, 0.6) is 0 Å². The smallest absolute Gasteiger partial charge is 0.216 e. The van der Waals surface area contributed by atoms with Crippen LogP contribution in [0.15, 0.2) is 47.5 Å². The number of benzene rings is 2. The molecule has 0 aromatic heterocycles. The number of aryl methyl sites for hydroxylation is 2. The zero-order chi connectivity index (χ0) is 20.0. The molecule has 0 unspecified atom stereocenters. The number of guanidine groups is 1. The van der Waals surface area contributed by atoms with Crippen LogP contribution in [0.4, 0.5) is 5.69 Å². The molecule has 0 fully saturated rings. The van der Waals surface area contributed by atoms with E-state index in [0.29, 0.717) is 12.1 Å². The Morgan fingerprint density at radius 1 is 1.07 bits per heavy atom. The van der Waals surface area contributed by atoms with Gasteiger partial charge in [0.05, 0.1) is 12.3 Å². The van der Waals surface area contributed by atoms with E-state index in [1.807, 2.05) is 43.3 Å². The molecule has 28 heavy (non-hydrogen) atoms. The first kappa shape index (κ1) is 24.4. The quantitative estimate of drug-likeness (QED) is 0.297. The van der Waals surface area contributed by atoms with Crippen molar-refractivity contribution < 1.29 is 8.42 Å². The molecule has 0 aliphatic heterocycles. The molecule has 154 valence electrons. The Bertz CT molecular complexity index is 928. The van der Waals surface area contributed by atoms with Crippen molar-refractivity contribution in [2.45, 2.75) is 46.0 Å². The molecule has 0 heterocycles. The van der Waals surface area contributed by atoms with Gasteiger partial charge in [0.15, 0.2) is 5.96 Å². The first-order valence-electron chi connectivity index (χ1n) is 8.87. The topological polar surface area (TPSA) is 96.6 Å². The lowest BCUT2D eigenvalue weighted by molar-refractivity contribution is 0.569. The largest absolute Gasteiger partial charge is 0.370 e. The van der Waals surface area contributed by atoms with Crippen LogP contribution in [0.2, 0.25) is 0 Å². The van der Waals surface area contributed by atoms with Gasteiger partial charge in [-0.2, -0.15) is 0 Å². The third kappa shape index (κ3) is 7.76. The second-order valence-corrected chi connectivity index (χ2v) is 8.68. The molecule has 0 aliphatic rings. The molecule has 0 atom stereocenters. The van der Waals surface area contributed by atoms with Crippen molar-refractivity contribution in [1.82, 2.24) is 4.72 Å². The fourth-order valence-corrected chi connectivity index (χ4v) is 4.13. The average Bonchev–Trinajstić information content (AvgIpc) is 2.56. The second kappa shape index (κ2) is 10.8. The Kier molecular flexibility index (Phi) is 9.38. The molecule has 0 saturated heterocycles. The van der Waals surface area contributed by atoms with E-state index in [0.717, 1.165) is 11.3 Å². The molecule has 0 spiro atoms. The number of anilines is 1. The first-order chi connectivity index (χ1) is 12.7. The van der Waals surface area contributed by atoms with Crippen molar-refractivity contribution in [3.63, 3.8) is 0 Å². The van der Waals surface area contributed by atoms with Gasteiger partial charge in [0.1, 0.15) is 0 Å². The van der Waals surface area contributed by atoms with Crippen molar-refractivity contribution in [3.8, 4) is 0 Å².